The molecule has 1 atom stereocenters. The predicted molar refractivity (Wildman–Crippen MR) is 147 cm³/mol. The number of morpholine rings is 1. The Hall–Kier alpha value is -3.43. The zero-order chi connectivity index (χ0) is 26.9. The zero-order valence-corrected chi connectivity index (χ0v) is 22.7. The fraction of sp³-hybridized carbons (Fsp3) is 0.483. The molecule has 0 bridgehead atoms. The summed E-state index contributed by atoms with van der Waals surface area (Å²) < 4.78 is 10.7. The highest BCUT2D eigenvalue weighted by molar-refractivity contribution is 6.03. The summed E-state index contributed by atoms with van der Waals surface area (Å²) in [5.41, 5.74) is 3.96. The van der Waals surface area contributed by atoms with Crippen molar-refractivity contribution in [2.45, 2.75) is 32.7 Å². The number of hydrogen-bond donors (Lipinski definition) is 1. The van der Waals surface area contributed by atoms with E-state index >= 15 is 0 Å². The largest absolute Gasteiger partial charge is 0.497 e. The van der Waals surface area contributed by atoms with Gasteiger partial charge in [-0.05, 0) is 48.7 Å². The van der Waals surface area contributed by atoms with E-state index in [2.05, 4.69) is 34.5 Å². The molecule has 2 aliphatic rings. The second-order valence-electron chi connectivity index (χ2n) is 9.75. The van der Waals surface area contributed by atoms with Crippen LogP contribution in [0.2, 0.25) is 0 Å². The van der Waals surface area contributed by atoms with Gasteiger partial charge in [-0.15, -0.1) is 0 Å². The lowest BCUT2D eigenvalue weighted by Crippen LogP contribution is -2.49. The van der Waals surface area contributed by atoms with E-state index < -0.39 is 0 Å². The molecule has 9 nitrogen and oxygen atoms in total. The van der Waals surface area contributed by atoms with Gasteiger partial charge in [-0.3, -0.25) is 9.69 Å². The van der Waals surface area contributed by atoms with Gasteiger partial charge in [-0.2, -0.15) is 5.10 Å². The van der Waals surface area contributed by atoms with E-state index in [1.54, 1.807) is 17.0 Å². The summed E-state index contributed by atoms with van der Waals surface area (Å²) in [6, 6.07) is 15.5. The molecule has 0 aromatic heterocycles. The maximum atomic E-state index is 13.8. The molecule has 3 amide bonds. The number of urea groups is 1. The highest BCUT2D eigenvalue weighted by atomic mass is 16.5. The lowest BCUT2D eigenvalue weighted by molar-refractivity contribution is -0.133. The molecule has 1 N–H and O–H groups in total. The molecule has 38 heavy (non-hydrogen) atoms. The Kier molecular flexibility index (Phi) is 9.73. The number of nitrogens with zero attached hydrogens (tertiary/aromatic N) is 4. The van der Waals surface area contributed by atoms with Gasteiger partial charge in [0.15, 0.2) is 0 Å². The van der Waals surface area contributed by atoms with Crippen LogP contribution < -0.4 is 10.1 Å². The SMILES string of the molecule is CCCNC(=O)N(CCN1CCOCC1)CC(=O)N1N=C(c2ccc(OC)cc2)C[C@H]1c1ccc(C)cc1. The van der Waals surface area contributed by atoms with Crippen LogP contribution in [0.5, 0.6) is 5.75 Å². The van der Waals surface area contributed by atoms with E-state index in [0.29, 0.717) is 39.3 Å². The van der Waals surface area contributed by atoms with E-state index in [4.69, 9.17) is 14.6 Å². The first-order valence-corrected chi connectivity index (χ1v) is 13.4. The van der Waals surface area contributed by atoms with Crippen LogP contribution in [0.1, 0.15) is 42.5 Å². The number of carbonyl (C=O) groups is 2. The van der Waals surface area contributed by atoms with Crippen LogP contribution in [0.25, 0.3) is 0 Å². The van der Waals surface area contributed by atoms with Crippen LogP contribution in [0.3, 0.4) is 0 Å². The first-order valence-electron chi connectivity index (χ1n) is 13.4. The summed E-state index contributed by atoms with van der Waals surface area (Å²) in [4.78, 5) is 30.6. The average molecular weight is 522 g/mol. The monoisotopic (exact) mass is 521 g/mol. The molecular formula is C29H39N5O4. The molecule has 0 spiro atoms. The summed E-state index contributed by atoms with van der Waals surface area (Å²) in [6.07, 6.45) is 1.42. The number of nitrogens with one attached hydrogen (secondary N) is 1. The van der Waals surface area contributed by atoms with Crippen LogP contribution in [0, 0.1) is 6.92 Å². The molecule has 2 aromatic carbocycles. The van der Waals surface area contributed by atoms with Gasteiger partial charge in [0.05, 0.1) is 32.1 Å². The van der Waals surface area contributed by atoms with Gasteiger partial charge in [0.25, 0.3) is 5.91 Å². The molecule has 0 radical (unpaired) electrons. The van der Waals surface area contributed by atoms with Crippen molar-refractivity contribution in [3.8, 4) is 5.75 Å². The van der Waals surface area contributed by atoms with E-state index in [-0.39, 0.29) is 24.5 Å². The maximum Gasteiger partial charge on any atom is 0.317 e. The normalized spacial score (nSPS) is 17.7. The third-order valence-electron chi connectivity index (χ3n) is 6.98. The summed E-state index contributed by atoms with van der Waals surface area (Å²) in [5.74, 6) is 0.567. The highest BCUT2D eigenvalue weighted by Gasteiger charge is 2.34. The van der Waals surface area contributed by atoms with Gasteiger partial charge < -0.3 is 19.7 Å². The third kappa shape index (κ3) is 7.11. The van der Waals surface area contributed by atoms with Crippen molar-refractivity contribution in [2.75, 3.05) is 59.6 Å². The minimum atomic E-state index is -0.236. The Morgan fingerprint density at radius 3 is 2.47 bits per heavy atom. The summed E-state index contributed by atoms with van der Waals surface area (Å²) >= 11 is 0. The van der Waals surface area contributed by atoms with E-state index in [1.165, 1.54) is 0 Å². The fourth-order valence-corrected chi connectivity index (χ4v) is 4.67. The van der Waals surface area contributed by atoms with Crippen molar-refractivity contribution in [3.05, 3.63) is 65.2 Å². The summed E-state index contributed by atoms with van der Waals surface area (Å²) in [6.45, 7) is 8.77. The van der Waals surface area contributed by atoms with Gasteiger partial charge in [0, 0.05) is 39.1 Å². The number of hydrazone groups is 1. The van der Waals surface area contributed by atoms with Crippen molar-refractivity contribution in [2.24, 2.45) is 5.10 Å². The van der Waals surface area contributed by atoms with Gasteiger partial charge in [-0.1, -0.05) is 36.8 Å². The van der Waals surface area contributed by atoms with Gasteiger partial charge in [0.2, 0.25) is 0 Å². The Bertz CT molecular complexity index is 1100. The minimum Gasteiger partial charge on any atom is -0.497 e. The van der Waals surface area contributed by atoms with Crippen LogP contribution in [-0.2, 0) is 9.53 Å². The second kappa shape index (κ2) is 13.4. The Balaban J connectivity index is 1.54. The average Bonchev–Trinajstić information content (AvgIpc) is 3.40. The van der Waals surface area contributed by atoms with Crippen molar-refractivity contribution in [3.63, 3.8) is 0 Å². The van der Waals surface area contributed by atoms with Crippen molar-refractivity contribution in [1.29, 1.82) is 0 Å². The topological polar surface area (TPSA) is 86.7 Å². The van der Waals surface area contributed by atoms with Crippen LogP contribution in [0.15, 0.2) is 53.6 Å². The summed E-state index contributed by atoms with van der Waals surface area (Å²) in [5, 5.41) is 9.30. The van der Waals surface area contributed by atoms with Crippen molar-refractivity contribution < 1.29 is 19.1 Å². The lowest BCUT2D eigenvalue weighted by Gasteiger charge is -2.31. The number of hydrogen-bond acceptors (Lipinski definition) is 6. The van der Waals surface area contributed by atoms with Crippen molar-refractivity contribution >= 4 is 17.6 Å². The number of ether oxygens (including phenoxy) is 2. The standard InChI is InChI=1S/C29H39N5O4/c1-4-13-30-29(36)33(15-14-32-16-18-38-19-17-32)21-28(35)34-27(24-7-5-22(2)6-8-24)20-26(31-34)23-9-11-25(37-3)12-10-23/h5-12,27H,4,13-21H2,1-3H3,(H,30,36)/t27-/m0/s1. The highest BCUT2D eigenvalue weighted by Crippen LogP contribution is 2.33. The fourth-order valence-electron chi connectivity index (χ4n) is 4.67. The molecule has 2 aliphatic heterocycles. The molecule has 1 saturated heterocycles. The third-order valence-corrected chi connectivity index (χ3v) is 6.98. The minimum absolute atomic E-state index is 0.0400. The number of methoxy groups -OCH3 is 1. The molecular weight excluding hydrogens is 482 g/mol. The quantitative estimate of drug-likeness (QED) is 0.518. The zero-order valence-electron chi connectivity index (χ0n) is 22.7. The van der Waals surface area contributed by atoms with Crippen LogP contribution in [-0.4, -0.2) is 92.1 Å². The molecule has 1 fully saturated rings. The Labute approximate surface area is 225 Å². The number of aryl methyl sites for hydroxylation is 1. The molecule has 2 heterocycles. The first kappa shape index (κ1) is 27.6. The van der Waals surface area contributed by atoms with Crippen LogP contribution >= 0.6 is 0 Å². The second-order valence-corrected chi connectivity index (χ2v) is 9.75. The molecule has 4 rings (SSSR count). The molecule has 2 aromatic rings. The van der Waals surface area contributed by atoms with Gasteiger partial charge >= 0.3 is 6.03 Å². The Morgan fingerprint density at radius 2 is 1.82 bits per heavy atom. The lowest BCUT2D eigenvalue weighted by atomic mass is 9.97. The van der Waals surface area contributed by atoms with E-state index in [1.807, 2.05) is 38.1 Å². The van der Waals surface area contributed by atoms with Gasteiger partial charge in [-0.25, -0.2) is 9.80 Å². The predicted octanol–water partition coefficient (Wildman–Crippen LogP) is 3.44. The molecule has 204 valence electrons. The smallest absolute Gasteiger partial charge is 0.317 e. The van der Waals surface area contributed by atoms with Crippen molar-refractivity contribution in [1.82, 2.24) is 20.1 Å². The van der Waals surface area contributed by atoms with E-state index in [0.717, 1.165) is 47.7 Å². The van der Waals surface area contributed by atoms with Gasteiger partial charge in [0.1, 0.15) is 12.3 Å². The molecule has 0 aliphatic carbocycles. The molecule has 0 unspecified atom stereocenters. The number of amides is 3. The van der Waals surface area contributed by atoms with Crippen LogP contribution in [0.4, 0.5) is 4.79 Å². The number of benzene rings is 2. The number of rotatable bonds is 10. The summed E-state index contributed by atoms with van der Waals surface area (Å²) in [7, 11) is 1.64. The molecule has 9 heteroatoms. The Morgan fingerprint density at radius 1 is 1.11 bits per heavy atom. The first-order chi connectivity index (χ1) is 18.5. The molecule has 0 saturated carbocycles. The number of carbonyl (C=O) groups excluding carboxylic acids is 2. The van der Waals surface area contributed by atoms with E-state index in [9.17, 15) is 9.59 Å². The maximum absolute atomic E-state index is 13.8.